The Morgan fingerprint density at radius 1 is 0.361 bits per heavy atom. The summed E-state index contributed by atoms with van der Waals surface area (Å²) in [4.78, 5) is 4.33. The third-order valence-electron chi connectivity index (χ3n) is 10.1. The lowest BCUT2D eigenvalue weighted by atomic mass is 9.93. The molecule has 0 radical (unpaired) electrons. The second-order valence-corrected chi connectivity index (χ2v) is 19.4. The first-order chi connectivity index (χ1) is 30.8. The van der Waals surface area contributed by atoms with Crippen LogP contribution in [0.2, 0.25) is 18.1 Å². The molecule has 1 unspecified atom stereocenters. The first-order valence-corrected chi connectivity index (χ1v) is 20.1. The van der Waals surface area contributed by atoms with Crippen molar-refractivity contribution in [2.45, 2.75) is 164 Å². The summed E-state index contributed by atoms with van der Waals surface area (Å²) in [5.74, 6) is -128. The fourth-order valence-corrected chi connectivity index (χ4v) is 9.58. The lowest BCUT2D eigenvalue weighted by Crippen LogP contribution is -2.70. The Labute approximate surface area is 371 Å². The summed E-state index contributed by atoms with van der Waals surface area (Å²) in [6.45, 7) is -1.35. The predicted octanol–water partition coefficient (Wildman–Crippen LogP) is 15.5. The lowest BCUT2D eigenvalue weighted by molar-refractivity contribution is -0.440. The molecular weight excluding hydrogens is 1160 g/mol. The average molecular weight is 1180 g/mol. The molecule has 0 aromatic carbocycles. The number of hydrogen-bond donors (Lipinski definition) is 0. The smallest absolute Gasteiger partial charge is 0.413 e. The average Bonchev–Trinajstić information content (AvgIpc) is 3.59. The Hall–Kier alpha value is -3.08. The van der Waals surface area contributed by atoms with Crippen LogP contribution < -0.4 is 0 Å². The van der Waals surface area contributed by atoms with E-state index >= 15 is 0 Å². The Morgan fingerprint density at radius 2 is 0.569 bits per heavy atom. The van der Waals surface area contributed by atoms with Gasteiger partial charge in [0.2, 0.25) is 0 Å². The van der Waals surface area contributed by atoms with Gasteiger partial charge in [0.15, 0.2) is 14.4 Å². The van der Waals surface area contributed by atoms with Gasteiger partial charge in [-0.05, 0) is 25.1 Å². The minimum absolute atomic E-state index is 0.462. The minimum atomic E-state index is -8.91. The molecule has 1 rings (SSSR count). The molecule has 0 saturated carbocycles. The summed E-state index contributed by atoms with van der Waals surface area (Å²) < 4.78 is 543. The van der Waals surface area contributed by atoms with E-state index in [1.165, 1.54) is 0 Å². The predicted molar refractivity (Wildman–Crippen MR) is 155 cm³/mol. The van der Waals surface area contributed by atoms with Gasteiger partial charge in [-0.2, -0.15) is 171 Å². The van der Waals surface area contributed by atoms with Crippen molar-refractivity contribution in [1.82, 2.24) is 0 Å². The van der Waals surface area contributed by atoms with E-state index in [9.17, 15) is 171 Å². The van der Waals surface area contributed by atoms with Gasteiger partial charge >= 0.3 is 107 Å². The van der Waals surface area contributed by atoms with E-state index in [1.807, 2.05) is 0 Å². The van der Waals surface area contributed by atoms with Gasteiger partial charge in [0.05, 0.1) is 12.3 Å². The monoisotopic (exact) mass is 1180 g/mol. The topological polar surface area (TPSA) is 30.8 Å². The molecule has 0 fully saturated rings. The quantitative estimate of drug-likeness (QED) is 0.0712. The van der Waals surface area contributed by atoms with Crippen molar-refractivity contribution in [1.29, 1.82) is 0 Å². The molecule has 430 valence electrons. The molecule has 0 spiro atoms. The van der Waals surface area contributed by atoms with E-state index < -0.39 is 178 Å². The first kappa shape index (κ1) is 66.9. The molecule has 0 N–H and O–H groups in total. The van der Waals surface area contributed by atoms with Gasteiger partial charge in [0.1, 0.15) is 0 Å². The van der Waals surface area contributed by atoms with E-state index in [2.05, 4.69) is 14.4 Å². The van der Waals surface area contributed by atoms with Crippen LogP contribution in [0.5, 0.6) is 0 Å². The van der Waals surface area contributed by atoms with Crippen molar-refractivity contribution >= 4 is 14.0 Å². The third-order valence-corrected chi connectivity index (χ3v) is 14.4. The zero-order valence-electron chi connectivity index (χ0n) is 33.2. The molecule has 0 saturated heterocycles. The largest absolute Gasteiger partial charge is 0.460 e. The van der Waals surface area contributed by atoms with Crippen LogP contribution in [-0.4, -0.2) is 134 Å². The van der Waals surface area contributed by atoms with E-state index in [1.54, 1.807) is 0 Å². The van der Waals surface area contributed by atoms with Gasteiger partial charge in [-0.25, -0.2) is 0 Å². The Balaban J connectivity index is 4.35. The first-order valence-electron chi connectivity index (χ1n) is 17.5. The van der Waals surface area contributed by atoms with Gasteiger partial charge in [0, 0.05) is 25.7 Å². The number of oxime groups is 1. The van der Waals surface area contributed by atoms with Crippen LogP contribution in [0, 0.1) is 0 Å². The summed E-state index contributed by atoms with van der Waals surface area (Å²) >= 11 is 0. The molecule has 1 aliphatic rings. The van der Waals surface area contributed by atoms with Crippen LogP contribution in [0.15, 0.2) is 5.16 Å². The highest BCUT2D eigenvalue weighted by atomic mass is 28.4. The van der Waals surface area contributed by atoms with Crippen LogP contribution in [0.3, 0.4) is 0 Å². The molecule has 0 aromatic heterocycles. The standard InChI is InChI=1S/C29H20F39NO2Si/c1-10-8-11(71-69-10)9-70-72(5-2-12(30,31)15(36,37)18(42,43)21(48,49)24(54,55)27(60,61)62,6-3-13(32,33)16(38,39)19(44,45)22(50,51)25(56,57)28(63,64)65)7-4-14(34,35)17(40,41)20(46,47)23(52,53)26(58,59)29(66,67)68/h11H,2-9H2,1H3. The van der Waals surface area contributed by atoms with Crippen LogP contribution >= 0.6 is 0 Å². The summed E-state index contributed by atoms with van der Waals surface area (Å²) in [7, 11) is -7.32. The van der Waals surface area contributed by atoms with Crippen molar-refractivity contribution in [3.63, 3.8) is 0 Å². The van der Waals surface area contributed by atoms with Crippen LogP contribution in [0.25, 0.3) is 0 Å². The number of nitrogens with zero attached hydrogens (tertiary/aromatic N) is 1. The highest BCUT2D eigenvalue weighted by Gasteiger charge is 2.93. The van der Waals surface area contributed by atoms with Crippen LogP contribution in [0.4, 0.5) is 171 Å². The Morgan fingerprint density at radius 3 is 0.750 bits per heavy atom. The second kappa shape index (κ2) is 18.6. The summed E-state index contributed by atoms with van der Waals surface area (Å²) in [5, 5.41) is 2.94. The minimum Gasteiger partial charge on any atom is -0.413 e. The number of rotatable bonds is 24. The summed E-state index contributed by atoms with van der Waals surface area (Å²) in [5.41, 5.74) is -0.462. The molecule has 1 aliphatic heterocycles. The molecule has 0 bridgehead atoms. The Bertz CT molecular complexity index is 1720. The highest BCUT2D eigenvalue weighted by Crippen LogP contribution is 2.65. The van der Waals surface area contributed by atoms with Crippen molar-refractivity contribution in [2.75, 3.05) is 6.61 Å². The maximum absolute atomic E-state index is 15.0. The maximum Gasteiger partial charge on any atom is 0.460 e. The number of alkyl halides is 39. The van der Waals surface area contributed by atoms with Crippen LogP contribution in [-0.2, 0) is 9.26 Å². The van der Waals surface area contributed by atoms with Crippen molar-refractivity contribution in [2.24, 2.45) is 5.16 Å². The number of halogens is 39. The SMILES string of the molecule is CC1=NOC(CO[Si](CCC(F)(F)C(F)(F)C(F)(F)C(F)(F)C(F)(F)C(F)(F)F)(CCC(F)(F)C(F)(F)C(F)(F)C(F)(F)C(F)(F)C(F)(F)F)CCC(F)(F)C(F)(F)C(F)(F)C(F)(F)C(F)(F)C(F)(F)F)C1. The molecule has 43 heteroatoms. The number of hydrogen-bond acceptors (Lipinski definition) is 3. The highest BCUT2D eigenvalue weighted by molar-refractivity contribution is 6.73. The van der Waals surface area contributed by atoms with E-state index in [0.717, 1.165) is 6.92 Å². The second-order valence-electron chi connectivity index (χ2n) is 15.3. The van der Waals surface area contributed by atoms with Crippen LogP contribution in [0.1, 0.15) is 32.6 Å². The van der Waals surface area contributed by atoms with Crippen molar-refractivity contribution < 1.29 is 180 Å². The molecule has 0 aromatic rings. The molecule has 0 aliphatic carbocycles. The zero-order chi connectivity index (χ0) is 58.4. The normalized spacial score (nSPS) is 18.4. The molecule has 3 nitrogen and oxygen atoms in total. The van der Waals surface area contributed by atoms with Gasteiger partial charge in [-0.15, -0.1) is 0 Å². The third kappa shape index (κ3) is 10.3. The summed E-state index contributed by atoms with van der Waals surface area (Å²) in [6, 6.07) is -10.3. The van der Waals surface area contributed by atoms with Crippen molar-refractivity contribution in [3.05, 3.63) is 0 Å². The molecule has 1 atom stereocenters. The van der Waals surface area contributed by atoms with Gasteiger partial charge < -0.3 is 9.26 Å². The molecule has 72 heavy (non-hydrogen) atoms. The van der Waals surface area contributed by atoms with Gasteiger partial charge in [-0.3, -0.25) is 0 Å². The van der Waals surface area contributed by atoms with Crippen molar-refractivity contribution in [3.8, 4) is 0 Å². The maximum atomic E-state index is 15.0. The van der Waals surface area contributed by atoms with E-state index in [-0.39, 0.29) is 0 Å². The van der Waals surface area contributed by atoms with E-state index in [0.29, 0.717) is 0 Å². The Kier molecular flexibility index (Phi) is 17.3. The summed E-state index contributed by atoms with van der Waals surface area (Å²) in [6.07, 6.45) is -40.1. The molecular formula is C29H20F39NO2Si. The fraction of sp³-hybridized carbons (Fsp3) is 0.966. The fourth-order valence-electron chi connectivity index (χ4n) is 5.55. The molecule has 0 amide bonds. The molecule has 1 heterocycles. The lowest BCUT2D eigenvalue weighted by Gasteiger charge is -2.42. The zero-order valence-corrected chi connectivity index (χ0v) is 34.2. The van der Waals surface area contributed by atoms with E-state index in [4.69, 9.17) is 0 Å². The van der Waals surface area contributed by atoms with Gasteiger partial charge in [0.25, 0.3) is 0 Å². The van der Waals surface area contributed by atoms with Gasteiger partial charge in [-0.1, -0.05) is 5.16 Å².